The lowest BCUT2D eigenvalue weighted by Gasteiger charge is -1.99. The van der Waals surface area contributed by atoms with Gasteiger partial charge in [-0.2, -0.15) is 5.10 Å². The van der Waals surface area contributed by atoms with Crippen LogP contribution in [0.15, 0.2) is 24.3 Å². The maximum Gasteiger partial charge on any atom is 0.317 e. The van der Waals surface area contributed by atoms with Crippen molar-refractivity contribution in [2.24, 2.45) is 7.05 Å². The number of nitrogens with zero attached hydrogens (tertiary/aromatic N) is 3. The average molecular weight is 233 g/mol. The first-order valence-electron chi connectivity index (χ1n) is 4.98. The molecule has 0 aliphatic heterocycles. The number of aromatic hydroxyl groups is 1. The molecule has 0 atom stereocenters. The molecule has 0 spiro atoms. The van der Waals surface area contributed by atoms with Crippen LogP contribution in [0.4, 0.5) is 5.69 Å². The lowest BCUT2D eigenvalue weighted by Crippen LogP contribution is -1.94. The Morgan fingerprint density at radius 3 is 2.65 bits per heavy atom. The van der Waals surface area contributed by atoms with Crippen LogP contribution < -0.4 is 0 Å². The zero-order chi connectivity index (χ0) is 12.6. The van der Waals surface area contributed by atoms with E-state index in [0.717, 1.165) is 0 Å². The quantitative estimate of drug-likeness (QED) is 0.635. The molecular weight excluding hydrogens is 222 g/mol. The van der Waals surface area contributed by atoms with Crippen LogP contribution in [0.3, 0.4) is 0 Å². The highest BCUT2D eigenvalue weighted by atomic mass is 16.6. The third-order valence-corrected chi connectivity index (χ3v) is 2.64. The molecule has 1 aromatic carbocycles. The van der Waals surface area contributed by atoms with Gasteiger partial charge in [-0.3, -0.25) is 14.8 Å². The van der Waals surface area contributed by atoms with Crippen molar-refractivity contribution in [3.05, 3.63) is 40.1 Å². The number of nitro groups is 1. The van der Waals surface area contributed by atoms with E-state index in [1.54, 1.807) is 32.2 Å². The van der Waals surface area contributed by atoms with E-state index < -0.39 is 4.92 Å². The Morgan fingerprint density at radius 2 is 2.06 bits per heavy atom. The number of hydrogen-bond donors (Lipinski definition) is 1. The summed E-state index contributed by atoms with van der Waals surface area (Å²) in [7, 11) is 1.63. The minimum absolute atomic E-state index is 0.0197. The maximum atomic E-state index is 11.0. The van der Waals surface area contributed by atoms with E-state index in [1.807, 2.05) is 0 Å². The van der Waals surface area contributed by atoms with E-state index in [0.29, 0.717) is 11.3 Å². The van der Waals surface area contributed by atoms with Gasteiger partial charge in [0.2, 0.25) is 0 Å². The first kappa shape index (κ1) is 11.1. The number of phenols is 1. The largest absolute Gasteiger partial charge is 0.507 e. The molecule has 88 valence electrons. The van der Waals surface area contributed by atoms with Crippen molar-refractivity contribution in [2.45, 2.75) is 6.92 Å². The zero-order valence-corrected chi connectivity index (χ0v) is 9.41. The van der Waals surface area contributed by atoms with E-state index in [2.05, 4.69) is 5.10 Å². The Bertz CT molecular complexity index is 590. The molecule has 0 radical (unpaired) electrons. The molecule has 0 fully saturated rings. The molecular formula is C11H11N3O3. The molecule has 6 heteroatoms. The van der Waals surface area contributed by atoms with Crippen molar-refractivity contribution in [1.29, 1.82) is 0 Å². The highest BCUT2D eigenvalue weighted by molar-refractivity contribution is 5.75. The summed E-state index contributed by atoms with van der Waals surface area (Å²) in [6.45, 7) is 1.62. The van der Waals surface area contributed by atoms with Crippen LogP contribution in [0.5, 0.6) is 5.75 Å². The van der Waals surface area contributed by atoms with Gasteiger partial charge in [0.15, 0.2) is 5.69 Å². The van der Waals surface area contributed by atoms with Crippen LogP contribution in [0, 0.1) is 17.0 Å². The van der Waals surface area contributed by atoms with Gasteiger partial charge in [-0.05, 0) is 19.1 Å². The molecule has 2 aromatic rings. The maximum absolute atomic E-state index is 11.0. The van der Waals surface area contributed by atoms with Gasteiger partial charge >= 0.3 is 5.69 Å². The fraction of sp³-hybridized carbons (Fsp3) is 0.182. The van der Waals surface area contributed by atoms with Crippen molar-refractivity contribution in [2.75, 3.05) is 0 Å². The number of phenolic OH excluding ortho intramolecular Hbond substituents is 1. The van der Waals surface area contributed by atoms with Gasteiger partial charge < -0.3 is 5.11 Å². The van der Waals surface area contributed by atoms with Crippen LogP contribution >= 0.6 is 0 Å². The second-order valence-corrected chi connectivity index (χ2v) is 3.68. The molecule has 2 rings (SSSR count). The van der Waals surface area contributed by atoms with Gasteiger partial charge in [-0.1, -0.05) is 12.1 Å². The fourth-order valence-corrected chi connectivity index (χ4v) is 1.67. The molecule has 0 saturated heterocycles. The smallest absolute Gasteiger partial charge is 0.317 e. The van der Waals surface area contributed by atoms with Crippen LogP contribution in [-0.4, -0.2) is 19.8 Å². The van der Waals surface area contributed by atoms with Gasteiger partial charge in [-0.25, -0.2) is 0 Å². The third-order valence-electron chi connectivity index (χ3n) is 2.64. The van der Waals surface area contributed by atoms with Gasteiger partial charge in [0.25, 0.3) is 0 Å². The molecule has 6 nitrogen and oxygen atoms in total. The lowest BCUT2D eigenvalue weighted by atomic mass is 10.1. The molecule has 1 heterocycles. The predicted molar refractivity (Wildman–Crippen MR) is 61.7 cm³/mol. The topological polar surface area (TPSA) is 81.2 Å². The molecule has 0 aliphatic rings. The van der Waals surface area contributed by atoms with Gasteiger partial charge in [0.1, 0.15) is 11.4 Å². The van der Waals surface area contributed by atoms with E-state index in [4.69, 9.17) is 0 Å². The normalized spacial score (nSPS) is 10.5. The van der Waals surface area contributed by atoms with Crippen LogP contribution in [0.25, 0.3) is 11.3 Å². The van der Waals surface area contributed by atoms with Crippen LogP contribution in [0.2, 0.25) is 0 Å². The molecule has 0 amide bonds. The molecule has 1 N–H and O–H groups in total. The summed E-state index contributed by atoms with van der Waals surface area (Å²) in [5.74, 6) is -0.0197. The monoisotopic (exact) mass is 233 g/mol. The predicted octanol–water partition coefficient (Wildman–Crippen LogP) is 2.01. The molecule has 17 heavy (non-hydrogen) atoms. The van der Waals surface area contributed by atoms with E-state index >= 15 is 0 Å². The number of para-hydroxylation sites is 1. The summed E-state index contributed by atoms with van der Waals surface area (Å²) in [6, 6.07) is 6.43. The summed E-state index contributed by atoms with van der Waals surface area (Å²) < 4.78 is 1.43. The van der Waals surface area contributed by atoms with Crippen LogP contribution in [-0.2, 0) is 7.05 Å². The number of hydrogen-bond acceptors (Lipinski definition) is 4. The van der Waals surface area contributed by atoms with Gasteiger partial charge in [0, 0.05) is 7.05 Å². The first-order valence-corrected chi connectivity index (χ1v) is 4.98. The Morgan fingerprint density at radius 1 is 1.41 bits per heavy atom. The van der Waals surface area contributed by atoms with Gasteiger partial charge in [-0.15, -0.1) is 0 Å². The molecule has 0 aliphatic carbocycles. The standard InChI is InChI=1S/C11H11N3O3/c1-7-11(14(16)17)10(12-13(7)2)8-5-3-4-6-9(8)15/h3-6,15H,1-2H3. The summed E-state index contributed by atoms with van der Waals surface area (Å²) in [6.07, 6.45) is 0. The van der Waals surface area contributed by atoms with Crippen molar-refractivity contribution in [1.82, 2.24) is 9.78 Å². The molecule has 0 bridgehead atoms. The first-order chi connectivity index (χ1) is 8.02. The van der Waals surface area contributed by atoms with Crippen LogP contribution in [0.1, 0.15) is 5.69 Å². The molecule has 0 unspecified atom stereocenters. The number of aryl methyl sites for hydroxylation is 1. The van der Waals surface area contributed by atoms with Crippen molar-refractivity contribution >= 4 is 5.69 Å². The Labute approximate surface area is 97.3 Å². The Hall–Kier alpha value is -2.37. The Kier molecular flexibility index (Phi) is 2.55. The highest BCUT2D eigenvalue weighted by Crippen LogP contribution is 2.35. The highest BCUT2D eigenvalue weighted by Gasteiger charge is 2.26. The summed E-state index contributed by atoms with van der Waals surface area (Å²) >= 11 is 0. The average Bonchev–Trinajstić information content (AvgIpc) is 2.56. The SMILES string of the molecule is Cc1c([N+](=O)[O-])c(-c2ccccc2O)nn1C. The Balaban J connectivity index is 2.72. The van der Waals surface area contributed by atoms with Gasteiger partial charge in [0.05, 0.1) is 10.5 Å². The third kappa shape index (κ3) is 1.73. The summed E-state index contributed by atoms with van der Waals surface area (Å²) in [5.41, 5.74) is 0.929. The molecule has 0 saturated carbocycles. The summed E-state index contributed by atoms with van der Waals surface area (Å²) in [5, 5.41) is 24.8. The van der Waals surface area contributed by atoms with E-state index in [9.17, 15) is 15.2 Å². The second-order valence-electron chi connectivity index (χ2n) is 3.68. The number of benzene rings is 1. The van der Waals surface area contributed by atoms with E-state index in [1.165, 1.54) is 10.7 Å². The van der Waals surface area contributed by atoms with E-state index in [-0.39, 0.29) is 17.1 Å². The zero-order valence-electron chi connectivity index (χ0n) is 9.41. The number of aromatic nitrogens is 2. The van der Waals surface area contributed by atoms with Crippen molar-refractivity contribution in [3.8, 4) is 17.0 Å². The second kappa shape index (κ2) is 3.89. The number of rotatable bonds is 2. The lowest BCUT2D eigenvalue weighted by molar-refractivity contribution is -0.384. The van der Waals surface area contributed by atoms with Crippen molar-refractivity contribution < 1.29 is 10.0 Å². The molecule has 1 aromatic heterocycles. The minimum atomic E-state index is -0.482. The minimum Gasteiger partial charge on any atom is -0.507 e. The van der Waals surface area contributed by atoms with Crippen molar-refractivity contribution in [3.63, 3.8) is 0 Å². The fourth-order valence-electron chi connectivity index (χ4n) is 1.67. The summed E-state index contributed by atoms with van der Waals surface area (Å²) in [4.78, 5) is 10.5.